The fraction of sp³-hybridized carbons (Fsp3) is 0.417. The Bertz CT molecular complexity index is 366. The number of benzene rings is 1. The topological polar surface area (TPSA) is 50.1 Å². The van der Waals surface area contributed by atoms with E-state index in [2.05, 4.69) is 6.07 Å². The van der Waals surface area contributed by atoms with E-state index in [-0.39, 0.29) is 29.6 Å². The maximum atomic E-state index is 11.1. The fourth-order valence-corrected chi connectivity index (χ4v) is 2.09. The molecule has 0 radical (unpaired) electrons. The SMILES string of the molecule is N#CC1(c2ccccc2)CCN([O-])CC1.[Na+]. The third kappa shape index (κ3) is 2.65. The third-order valence-electron chi connectivity index (χ3n) is 3.12. The molecular formula is C12H13N2NaO. The Hall–Kier alpha value is -0.370. The van der Waals surface area contributed by atoms with Gasteiger partial charge in [-0.3, -0.25) is 0 Å². The zero-order valence-electron chi connectivity index (χ0n) is 9.52. The Kier molecular flexibility index (Phi) is 4.97. The first kappa shape index (κ1) is 13.7. The number of rotatable bonds is 1. The largest absolute Gasteiger partial charge is 1.00 e. The molecule has 4 heteroatoms. The minimum absolute atomic E-state index is 0. The normalized spacial score (nSPS) is 19.5. The maximum absolute atomic E-state index is 11.1. The predicted molar refractivity (Wildman–Crippen MR) is 57.9 cm³/mol. The molecule has 0 amide bonds. The summed E-state index contributed by atoms with van der Waals surface area (Å²) >= 11 is 0. The number of hydroxylamine groups is 2. The van der Waals surface area contributed by atoms with Crippen molar-refractivity contribution < 1.29 is 29.6 Å². The molecule has 0 aromatic heterocycles. The molecule has 0 atom stereocenters. The molecular weight excluding hydrogens is 211 g/mol. The summed E-state index contributed by atoms with van der Waals surface area (Å²) in [6, 6.07) is 12.2. The second-order valence-electron chi connectivity index (χ2n) is 3.99. The van der Waals surface area contributed by atoms with Crippen LogP contribution in [0.2, 0.25) is 0 Å². The molecule has 1 fully saturated rings. The minimum Gasteiger partial charge on any atom is -0.785 e. The van der Waals surface area contributed by atoms with Gasteiger partial charge in [0.2, 0.25) is 0 Å². The van der Waals surface area contributed by atoms with Crippen molar-refractivity contribution in [2.24, 2.45) is 0 Å². The standard InChI is InChI=1S/C12H13N2O.Na/c13-10-12(6-8-14(15)9-7-12)11-4-2-1-3-5-11;/h1-5H,6-9H2;/q-1;+1. The Morgan fingerprint density at radius 3 is 2.25 bits per heavy atom. The second-order valence-corrected chi connectivity index (χ2v) is 3.99. The van der Waals surface area contributed by atoms with E-state index in [0.717, 1.165) is 10.6 Å². The number of nitriles is 1. The molecule has 3 nitrogen and oxygen atoms in total. The van der Waals surface area contributed by atoms with Crippen LogP contribution in [0.15, 0.2) is 30.3 Å². The molecule has 0 N–H and O–H groups in total. The molecule has 1 aliphatic rings. The number of hydrogen-bond donors (Lipinski definition) is 0. The Labute approximate surface area is 118 Å². The zero-order chi connectivity index (χ0) is 10.7. The van der Waals surface area contributed by atoms with E-state index in [0.29, 0.717) is 25.9 Å². The predicted octanol–water partition coefficient (Wildman–Crippen LogP) is -0.954. The van der Waals surface area contributed by atoms with Crippen LogP contribution in [-0.2, 0) is 5.41 Å². The monoisotopic (exact) mass is 224 g/mol. The van der Waals surface area contributed by atoms with Crippen LogP contribution in [-0.4, -0.2) is 18.2 Å². The van der Waals surface area contributed by atoms with E-state index >= 15 is 0 Å². The van der Waals surface area contributed by atoms with Crippen LogP contribution in [0.1, 0.15) is 18.4 Å². The van der Waals surface area contributed by atoms with Gasteiger partial charge in [-0.1, -0.05) is 30.3 Å². The molecule has 1 aromatic rings. The van der Waals surface area contributed by atoms with Crippen LogP contribution in [0.25, 0.3) is 0 Å². The van der Waals surface area contributed by atoms with E-state index in [1.807, 2.05) is 30.3 Å². The van der Waals surface area contributed by atoms with Gasteiger partial charge in [-0.2, -0.15) is 5.26 Å². The van der Waals surface area contributed by atoms with Crippen LogP contribution < -0.4 is 29.6 Å². The summed E-state index contributed by atoms with van der Waals surface area (Å²) in [5.74, 6) is 0. The van der Waals surface area contributed by atoms with Crippen LogP contribution in [0.4, 0.5) is 0 Å². The summed E-state index contributed by atoms with van der Waals surface area (Å²) in [5.41, 5.74) is 0.600. The van der Waals surface area contributed by atoms with E-state index in [9.17, 15) is 10.5 Å². The van der Waals surface area contributed by atoms with Gasteiger partial charge in [-0.15, -0.1) is 0 Å². The average Bonchev–Trinajstić information content (AvgIpc) is 2.32. The molecule has 0 saturated carbocycles. The summed E-state index contributed by atoms with van der Waals surface area (Å²) in [6.45, 7) is 0.922. The van der Waals surface area contributed by atoms with E-state index in [1.54, 1.807) is 0 Å². The molecule has 1 aromatic carbocycles. The number of nitrogens with zero attached hydrogens (tertiary/aromatic N) is 2. The first-order valence-corrected chi connectivity index (χ1v) is 5.16. The first-order chi connectivity index (χ1) is 7.27. The molecule has 16 heavy (non-hydrogen) atoms. The molecule has 0 aliphatic carbocycles. The summed E-state index contributed by atoms with van der Waals surface area (Å²) in [7, 11) is 0. The minimum atomic E-state index is -0.442. The van der Waals surface area contributed by atoms with Crippen molar-refractivity contribution in [2.45, 2.75) is 18.3 Å². The van der Waals surface area contributed by atoms with Crippen molar-refractivity contribution in [3.8, 4) is 6.07 Å². The molecule has 0 spiro atoms. The van der Waals surface area contributed by atoms with Crippen molar-refractivity contribution in [2.75, 3.05) is 13.1 Å². The van der Waals surface area contributed by atoms with Crippen LogP contribution >= 0.6 is 0 Å². The van der Waals surface area contributed by atoms with Gasteiger partial charge in [0.1, 0.15) is 0 Å². The van der Waals surface area contributed by atoms with E-state index in [1.165, 1.54) is 0 Å². The summed E-state index contributed by atoms with van der Waals surface area (Å²) in [4.78, 5) is 0. The van der Waals surface area contributed by atoms with Gasteiger partial charge in [-0.25, -0.2) is 0 Å². The Morgan fingerprint density at radius 1 is 1.19 bits per heavy atom. The quantitative estimate of drug-likeness (QED) is 0.578. The fourth-order valence-electron chi connectivity index (χ4n) is 2.09. The van der Waals surface area contributed by atoms with Gasteiger partial charge >= 0.3 is 29.6 Å². The van der Waals surface area contributed by atoms with Crippen LogP contribution in [0.5, 0.6) is 0 Å². The van der Waals surface area contributed by atoms with Crippen LogP contribution in [0, 0.1) is 16.5 Å². The Balaban J connectivity index is 0.00000128. The Morgan fingerprint density at radius 2 is 1.75 bits per heavy atom. The van der Waals surface area contributed by atoms with Crippen molar-refractivity contribution in [1.29, 1.82) is 5.26 Å². The molecule has 2 rings (SSSR count). The molecule has 1 aliphatic heterocycles. The summed E-state index contributed by atoms with van der Waals surface area (Å²) in [5, 5.41) is 21.5. The molecule has 0 bridgehead atoms. The van der Waals surface area contributed by atoms with Gasteiger partial charge in [0, 0.05) is 0 Å². The first-order valence-electron chi connectivity index (χ1n) is 5.16. The van der Waals surface area contributed by atoms with Crippen molar-refractivity contribution in [1.82, 2.24) is 5.06 Å². The average molecular weight is 224 g/mol. The second kappa shape index (κ2) is 5.81. The van der Waals surface area contributed by atoms with Crippen molar-refractivity contribution >= 4 is 0 Å². The van der Waals surface area contributed by atoms with Crippen molar-refractivity contribution in [3.63, 3.8) is 0 Å². The van der Waals surface area contributed by atoms with Gasteiger partial charge in [0.05, 0.1) is 11.5 Å². The number of hydrogen-bond acceptors (Lipinski definition) is 3. The van der Waals surface area contributed by atoms with Crippen molar-refractivity contribution in [3.05, 3.63) is 41.1 Å². The van der Waals surface area contributed by atoms with Gasteiger partial charge < -0.3 is 10.3 Å². The summed E-state index contributed by atoms with van der Waals surface area (Å²) in [6.07, 6.45) is 1.27. The molecule has 0 unspecified atom stereocenters. The maximum Gasteiger partial charge on any atom is 1.00 e. The molecule has 1 heterocycles. The van der Waals surface area contributed by atoms with Gasteiger partial charge in [0.15, 0.2) is 0 Å². The van der Waals surface area contributed by atoms with Gasteiger partial charge in [0.25, 0.3) is 0 Å². The molecule has 78 valence electrons. The van der Waals surface area contributed by atoms with Gasteiger partial charge in [-0.05, 0) is 31.5 Å². The third-order valence-corrected chi connectivity index (χ3v) is 3.12. The smallest absolute Gasteiger partial charge is 0.785 e. The molecule has 1 saturated heterocycles. The zero-order valence-corrected chi connectivity index (χ0v) is 11.5. The number of piperidine rings is 1. The van der Waals surface area contributed by atoms with E-state index < -0.39 is 5.41 Å². The summed E-state index contributed by atoms with van der Waals surface area (Å²) < 4.78 is 0. The van der Waals surface area contributed by atoms with E-state index in [4.69, 9.17) is 0 Å². The van der Waals surface area contributed by atoms with Crippen LogP contribution in [0.3, 0.4) is 0 Å².